The van der Waals surface area contributed by atoms with Crippen molar-refractivity contribution in [3.05, 3.63) is 0 Å². The average molecular weight is 2160 g/mol. The van der Waals surface area contributed by atoms with Gasteiger partial charge in [-0.05, 0) is 137 Å². The molecule has 0 aliphatic heterocycles. The summed E-state index contributed by atoms with van der Waals surface area (Å²) in [5.41, 5.74) is 0. The van der Waals surface area contributed by atoms with E-state index in [0.29, 0.717) is 51.4 Å². The molecule has 150 heavy (non-hydrogen) atoms. The molecule has 0 aromatic rings. The predicted octanol–water partition coefficient (Wildman–Crippen LogP) is 21.5. The van der Waals surface area contributed by atoms with Crippen LogP contribution < -0.4 is 0 Å². The average Bonchev–Trinajstić information content (AvgIpc) is 0.776. The highest BCUT2D eigenvalue weighted by Crippen LogP contribution is 2.52. The number of hydrogen-bond acceptors (Lipinski definition) is 25. The second-order valence-electron chi connectivity index (χ2n) is 44.3. The molecule has 0 aliphatic rings. The molecule has 0 aromatic carbocycles. The molecule has 0 fully saturated rings. The molecule has 25 N–H and O–H groups in total. The van der Waals surface area contributed by atoms with Crippen LogP contribution in [-0.4, -0.2) is 285 Å². The van der Waals surface area contributed by atoms with E-state index < -0.39 is 242 Å². The quantitative estimate of drug-likeness (QED) is 0.0251. The van der Waals surface area contributed by atoms with Crippen LogP contribution in [0, 0.1) is 53.3 Å². The summed E-state index contributed by atoms with van der Waals surface area (Å²) in [6.07, 6.45) is 67.9. The summed E-state index contributed by atoms with van der Waals surface area (Å²) in [5.74, 6) is -15.1. The van der Waals surface area contributed by atoms with Gasteiger partial charge in [0.15, 0.2) is 0 Å². The number of carbonyl (C=O) groups is 5. The van der Waals surface area contributed by atoms with E-state index in [2.05, 4.69) is 27.7 Å². The van der Waals surface area contributed by atoms with E-state index in [-0.39, 0.29) is 25.9 Å². The van der Waals surface area contributed by atoms with Gasteiger partial charge < -0.3 is 128 Å². The van der Waals surface area contributed by atoms with Gasteiger partial charge in [0.2, 0.25) is 0 Å². The maximum Gasteiger partial charge on any atom is 0.306 e. The fourth-order valence-corrected chi connectivity index (χ4v) is 21.5. The number of aliphatic carboxylic acids is 5. The summed E-state index contributed by atoms with van der Waals surface area (Å²) in [4.78, 5) is 54.5. The number of aliphatic hydroxyl groups excluding tert-OH is 20. The largest absolute Gasteiger partial charge is 0.481 e. The lowest BCUT2D eigenvalue weighted by atomic mass is 9.56. The van der Waals surface area contributed by atoms with Gasteiger partial charge in [0.1, 0.15) is 0 Å². The zero-order valence-corrected chi connectivity index (χ0v) is 95.7. The van der Waals surface area contributed by atoms with E-state index in [1.807, 2.05) is 0 Å². The minimum absolute atomic E-state index is 0.107. The zero-order chi connectivity index (χ0) is 113. The van der Waals surface area contributed by atoms with Gasteiger partial charge in [0.05, 0.1) is 133 Å². The second kappa shape index (κ2) is 118. The van der Waals surface area contributed by atoms with Gasteiger partial charge in [-0.15, -0.1) is 0 Å². The van der Waals surface area contributed by atoms with E-state index in [0.717, 1.165) is 83.5 Å². The smallest absolute Gasteiger partial charge is 0.306 e. The Morgan fingerprint density at radius 3 is 0.473 bits per heavy atom. The lowest BCUT2D eigenvalue weighted by Crippen LogP contribution is -2.48. The van der Waals surface area contributed by atoms with Crippen molar-refractivity contribution in [2.45, 2.75) is 615 Å². The summed E-state index contributed by atoms with van der Waals surface area (Å²) in [6.45, 7) is 1.07. The summed E-state index contributed by atoms with van der Waals surface area (Å²) >= 11 is 0. The van der Waals surface area contributed by atoms with Crippen LogP contribution in [-0.2, 0) is 24.0 Å². The van der Waals surface area contributed by atoms with E-state index in [1.165, 1.54) is 334 Å². The van der Waals surface area contributed by atoms with Gasteiger partial charge in [-0.25, -0.2) is 0 Å². The first kappa shape index (κ1) is 155. The SMILES string of the molecule is CCCCCCCCCCCCCCCCCC(=O)O.CCCCCCCCCCCCCCCCCC(=O)O.CCCCCCCCCCCCCCCCCC(=O)O.CCCCCCCCCCCCCCCCCC(=O)O.O=C(O)C(CC(O)CO)C(CC(O)CO)C(CC(O)CO)C(CC(O)CO)C(CC(O)CO)C(CC(O)CO)C(CC(O)CO)C(CC(O)CO)C(CCCCCCCCCC(O)CO)CC(O)CO. The van der Waals surface area contributed by atoms with Crippen LogP contribution >= 0.6 is 0 Å². The Morgan fingerprint density at radius 1 is 0.153 bits per heavy atom. The molecule has 0 spiro atoms. The molecule has 900 valence electrons. The maximum atomic E-state index is 13.2. The predicted molar refractivity (Wildman–Crippen MR) is 602 cm³/mol. The van der Waals surface area contributed by atoms with Gasteiger partial charge in [0, 0.05) is 25.7 Å². The number of carboxylic acids is 5. The van der Waals surface area contributed by atoms with Gasteiger partial charge in [0.25, 0.3) is 0 Å². The van der Waals surface area contributed by atoms with Crippen molar-refractivity contribution in [1.82, 2.24) is 0 Å². The Hall–Kier alpha value is -3.45. The van der Waals surface area contributed by atoms with Gasteiger partial charge >= 0.3 is 29.8 Å². The summed E-state index contributed by atoms with van der Waals surface area (Å²) in [7, 11) is 0. The molecular formula is C120H240O30. The van der Waals surface area contributed by atoms with Crippen molar-refractivity contribution in [3.63, 3.8) is 0 Å². The first-order valence-corrected chi connectivity index (χ1v) is 61.3. The molecule has 0 aromatic heterocycles. The topological polar surface area (TPSA) is 591 Å². The molecule has 0 aliphatic carbocycles. The minimum atomic E-state index is -1.69. The van der Waals surface area contributed by atoms with Crippen molar-refractivity contribution in [1.29, 1.82) is 0 Å². The number of aliphatic hydroxyl groups is 20. The van der Waals surface area contributed by atoms with Crippen molar-refractivity contribution in [3.8, 4) is 0 Å². The molecule has 0 heterocycles. The van der Waals surface area contributed by atoms with Crippen molar-refractivity contribution in [2.24, 2.45) is 53.3 Å². The third-order valence-electron chi connectivity index (χ3n) is 30.3. The first-order valence-electron chi connectivity index (χ1n) is 61.3. The molecule has 19 atom stereocenters. The van der Waals surface area contributed by atoms with Gasteiger partial charge in [-0.2, -0.15) is 0 Å². The van der Waals surface area contributed by atoms with Crippen LogP contribution in [0.1, 0.15) is 554 Å². The van der Waals surface area contributed by atoms with Crippen molar-refractivity contribution < 1.29 is 152 Å². The number of unbranched alkanes of at least 4 members (excludes halogenated alkanes) is 62. The molecule has 0 radical (unpaired) electrons. The number of hydrogen-bond donors (Lipinski definition) is 25. The first-order chi connectivity index (χ1) is 72.3. The van der Waals surface area contributed by atoms with E-state index in [1.54, 1.807) is 0 Å². The Morgan fingerprint density at radius 2 is 0.293 bits per heavy atom. The molecule has 19 unspecified atom stereocenters. The van der Waals surface area contributed by atoms with Crippen LogP contribution in [0.2, 0.25) is 0 Å². The second-order valence-corrected chi connectivity index (χ2v) is 44.3. The van der Waals surface area contributed by atoms with Crippen LogP contribution in [0.25, 0.3) is 0 Å². The van der Waals surface area contributed by atoms with Gasteiger partial charge in [-0.1, -0.05) is 439 Å². The van der Waals surface area contributed by atoms with E-state index in [4.69, 9.17) is 25.5 Å². The lowest BCUT2D eigenvalue weighted by Gasteiger charge is -2.50. The highest BCUT2D eigenvalue weighted by molar-refractivity contribution is 5.70. The van der Waals surface area contributed by atoms with E-state index >= 15 is 0 Å². The molecule has 30 heteroatoms. The van der Waals surface area contributed by atoms with Crippen LogP contribution in [0.5, 0.6) is 0 Å². The highest BCUT2D eigenvalue weighted by atomic mass is 16.4. The fourth-order valence-electron chi connectivity index (χ4n) is 21.5. The van der Waals surface area contributed by atoms with Gasteiger partial charge in [-0.3, -0.25) is 24.0 Å². The molecular weight excluding hydrogens is 1920 g/mol. The van der Waals surface area contributed by atoms with Crippen LogP contribution in [0.4, 0.5) is 0 Å². The monoisotopic (exact) mass is 2160 g/mol. The molecule has 0 bridgehead atoms. The lowest BCUT2D eigenvalue weighted by molar-refractivity contribution is -0.149. The molecule has 0 amide bonds. The summed E-state index contributed by atoms with van der Waals surface area (Å²) in [6, 6.07) is 0. The Kier molecular flexibility index (Phi) is 122. The third kappa shape index (κ3) is 105. The van der Waals surface area contributed by atoms with Crippen LogP contribution in [0.15, 0.2) is 0 Å². The number of rotatable bonds is 111. The minimum Gasteiger partial charge on any atom is -0.481 e. The zero-order valence-electron chi connectivity index (χ0n) is 95.7. The van der Waals surface area contributed by atoms with Crippen molar-refractivity contribution in [2.75, 3.05) is 66.1 Å². The standard InChI is InChI=1S/C48H96O22.4C18H36O2/c49-19-30(59)9-7-5-3-1-2-4-6-8-29(10-31(60)20-50)40(11-32(61)21-51)41(12-33(62)22-52)42(13-34(63)23-53)43(14-35(64)24-54)44(15-36(65)25-55)45(16-37(66)26-56)46(17-38(67)27-57)47(48(69)70)18-39(68)28-58;4*1-2-3-4-5-6-7-8-9-10-11-12-13-14-15-16-17-18(19)20/h29-47,49-68H,1-28H2,(H,69,70);4*2-17H2,1H3,(H,19,20). The van der Waals surface area contributed by atoms with Crippen LogP contribution in [0.3, 0.4) is 0 Å². The summed E-state index contributed by atoms with van der Waals surface area (Å²) < 4.78 is 0. The molecule has 0 saturated carbocycles. The Balaban J connectivity index is -0.000000699. The Labute approximate surface area is 911 Å². The number of carboxylic acid groups (broad SMARTS) is 5. The summed E-state index contributed by atoms with van der Waals surface area (Å²) in [5, 5.41) is 256. The van der Waals surface area contributed by atoms with E-state index in [9.17, 15) is 126 Å². The van der Waals surface area contributed by atoms with Crippen molar-refractivity contribution >= 4 is 29.8 Å². The maximum absolute atomic E-state index is 13.2. The normalized spacial score (nSPS) is 15.4. The molecule has 0 rings (SSSR count). The molecule has 30 nitrogen and oxygen atoms in total. The Bertz CT molecular complexity index is 2590. The fraction of sp³-hybridized carbons (Fsp3) is 0.958. The highest BCUT2D eigenvalue weighted by Gasteiger charge is 2.49. The third-order valence-corrected chi connectivity index (χ3v) is 30.3. The molecule has 0 saturated heterocycles.